The lowest BCUT2D eigenvalue weighted by atomic mass is 10.1. The summed E-state index contributed by atoms with van der Waals surface area (Å²) in [4.78, 5) is 25.1. The molecule has 1 aromatic rings. The van der Waals surface area contributed by atoms with Gasteiger partial charge in [0, 0.05) is 29.6 Å². The second-order valence-electron chi connectivity index (χ2n) is 4.78. The van der Waals surface area contributed by atoms with Gasteiger partial charge in [-0.2, -0.15) is 4.37 Å². The zero-order valence-electron chi connectivity index (χ0n) is 10.9. The molecule has 1 fully saturated rings. The highest BCUT2D eigenvalue weighted by atomic mass is 35.7. The first-order chi connectivity index (χ1) is 9.19. The largest absolute Gasteiger partial charge is 0.302 e. The average Bonchev–Trinajstić information content (AvgIpc) is 2.79. The van der Waals surface area contributed by atoms with Crippen molar-refractivity contribution in [1.82, 2.24) is 4.37 Å². The lowest BCUT2D eigenvalue weighted by Gasteiger charge is -2.15. The Morgan fingerprint density at radius 3 is 2.75 bits per heavy atom. The molecule has 1 atom stereocenters. The molecule has 0 spiro atoms. The number of amides is 1. The SMILES string of the molecule is CC(=O)c1c(C)nsc1N1CC(CS(=O)(=O)Cl)CC1=O. The van der Waals surface area contributed by atoms with Crippen molar-refractivity contribution in [2.45, 2.75) is 20.3 Å². The van der Waals surface area contributed by atoms with E-state index < -0.39 is 9.05 Å². The Labute approximate surface area is 125 Å². The molecule has 1 unspecified atom stereocenters. The predicted molar refractivity (Wildman–Crippen MR) is 77.0 cm³/mol. The van der Waals surface area contributed by atoms with Crippen molar-refractivity contribution in [3.63, 3.8) is 0 Å². The van der Waals surface area contributed by atoms with Gasteiger partial charge < -0.3 is 4.90 Å². The van der Waals surface area contributed by atoms with E-state index in [0.29, 0.717) is 16.3 Å². The molecule has 6 nitrogen and oxygen atoms in total. The van der Waals surface area contributed by atoms with Crippen molar-refractivity contribution in [2.75, 3.05) is 17.2 Å². The van der Waals surface area contributed by atoms with Gasteiger partial charge in [-0.3, -0.25) is 9.59 Å². The van der Waals surface area contributed by atoms with E-state index in [4.69, 9.17) is 10.7 Å². The van der Waals surface area contributed by atoms with Crippen LogP contribution in [0.1, 0.15) is 29.4 Å². The summed E-state index contributed by atoms with van der Waals surface area (Å²) in [6.45, 7) is 3.37. The third-order valence-corrected chi connectivity index (χ3v) is 5.29. The van der Waals surface area contributed by atoms with Crippen molar-refractivity contribution in [3.05, 3.63) is 11.3 Å². The zero-order valence-corrected chi connectivity index (χ0v) is 13.3. The van der Waals surface area contributed by atoms with Gasteiger partial charge in [0.05, 0.1) is 17.0 Å². The molecule has 1 aromatic heterocycles. The number of ketones is 1. The van der Waals surface area contributed by atoms with E-state index in [-0.39, 0.29) is 36.3 Å². The first kappa shape index (κ1) is 15.4. The summed E-state index contributed by atoms with van der Waals surface area (Å²) in [5.41, 5.74) is 1.01. The van der Waals surface area contributed by atoms with Crippen molar-refractivity contribution < 1.29 is 18.0 Å². The summed E-state index contributed by atoms with van der Waals surface area (Å²) in [5, 5.41) is 0.495. The van der Waals surface area contributed by atoms with Crippen LogP contribution in [0.15, 0.2) is 0 Å². The maximum atomic E-state index is 12.0. The van der Waals surface area contributed by atoms with Gasteiger partial charge in [0.2, 0.25) is 15.0 Å². The molecule has 0 aliphatic carbocycles. The number of nitrogens with zero attached hydrogens (tertiary/aromatic N) is 2. The van der Waals surface area contributed by atoms with Gasteiger partial charge in [-0.15, -0.1) is 0 Å². The van der Waals surface area contributed by atoms with Crippen LogP contribution in [0.2, 0.25) is 0 Å². The van der Waals surface area contributed by atoms with E-state index in [0.717, 1.165) is 11.5 Å². The average molecular weight is 337 g/mol. The van der Waals surface area contributed by atoms with Crippen molar-refractivity contribution >= 4 is 48.0 Å². The Hall–Kier alpha value is -0.990. The van der Waals surface area contributed by atoms with Gasteiger partial charge in [0.25, 0.3) is 0 Å². The molecule has 0 radical (unpaired) electrons. The number of aryl methyl sites for hydroxylation is 1. The second-order valence-corrected chi connectivity index (χ2v) is 8.36. The van der Waals surface area contributed by atoms with E-state index in [1.807, 2.05) is 0 Å². The molecule has 110 valence electrons. The van der Waals surface area contributed by atoms with Gasteiger partial charge in [0.15, 0.2) is 5.78 Å². The van der Waals surface area contributed by atoms with Crippen LogP contribution >= 0.6 is 22.2 Å². The topological polar surface area (TPSA) is 84.4 Å². The number of aromatic nitrogens is 1. The van der Waals surface area contributed by atoms with E-state index in [1.165, 1.54) is 11.8 Å². The van der Waals surface area contributed by atoms with Crippen LogP contribution in [0.25, 0.3) is 0 Å². The summed E-state index contributed by atoms with van der Waals surface area (Å²) >= 11 is 1.08. The fourth-order valence-electron chi connectivity index (χ4n) is 2.32. The fourth-order valence-corrected chi connectivity index (χ4v) is 4.61. The number of halogens is 1. The van der Waals surface area contributed by atoms with E-state index >= 15 is 0 Å². The van der Waals surface area contributed by atoms with Gasteiger partial charge in [-0.05, 0) is 25.4 Å². The Morgan fingerprint density at radius 1 is 1.55 bits per heavy atom. The number of hydrogen-bond donors (Lipinski definition) is 0. The summed E-state index contributed by atoms with van der Waals surface area (Å²) in [6.07, 6.45) is 0.111. The van der Waals surface area contributed by atoms with Crippen LogP contribution in [-0.2, 0) is 13.8 Å². The fraction of sp³-hybridized carbons (Fsp3) is 0.545. The lowest BCUT2D eigenvalue weighted by molar-refractivity contribution is -0.117. The highest BCUT2D eigenvalue weighted by Gasteiger charge is 2.36. The van der Waals surface area contributed by atoms with E-state index in [1.54, 1.807) is 6.92 Å². The van der Waals surface area contributed by atoms with Gasteiger partial charge in [-0.1, -0.05) is 0 Å². The number of hydrogen-bond acceptors (Lipinski definition) is 6. The molecule has 20 heavy (non-hydrogen) atoms. The van der Waals surface area contributed by atoms with E-state index in [2.05, 4.69) is 4.37 Å². The molecule has 9 heteroatoms. The molecular weight excluding hydrogens is 324 g/mol. The minimum atomic E-state index is -3.64. The summed E-state index contributed by atoms with van der Waals surface area (Å²) < 4.78 is 26.3. The molecule has 0 aromatic carbocycles. The maximum absolute atomic E-state index is 12.0. The third kappa shape index (κ3) is 3.18. The molecule has 0 bridgehead atoms. The second kappa shape index (κ2) is 5.42. The predicted octanol–water partition coefficient (Wildman–Crippen LogP) is 1.58. The van der Waals surface area contributed by atoms with Crippen molar-refractivity contribution in [1.29, 1.82) is 0 Å². The van der Waals surface area contributed by atoms with Gasteiger partial charge >= 0.3 is 0 Å². The van der Waals surface area contributed by atoms with E-state index in [9.17, 15) is 18.0 Å². The van der Waals surface area contributed by atoms with Gasteiger partial charge in [0.1, 0.15) is 5.00 Å². The standard InChI is InChI=1S/C11H13ClN2O4S2/c1-6-10(7(2)15)11(19-13-6)14-4-8(3-9(14)16)5-20(12,17)18/h8H,3-5H2,1-2H3. The Kier molecular flexibility index (Phi) is 4.17. The lowest BCUT2D eigenvalue weighted by Crippen LogP contribution is -2.26. The molecule has 0 N–H and O–H groups in total. The van der Waals surface area contributed by atoms with Crippen molar-refractivity contribution in [2.24, 2.45) is 5.92 Å². The Bertz CT molecular complexity index is 668. The maximum Gasteiger partial charge on any atom is 0.232 e. The number of Topliss-reactive ketones (excluding diaryl/α,β-unsaturated/α-hetero) is 1. The van der Waals surface area contributed by atoms with Gasteiger partial charge in [-0.25, -0.2) is 8.42 Å². The highest BCUT2D eigenvalue weighted by molar-refractivity contribution is 8.13. The zero-order chi connectivity index (χ0) is 15.1. The third-order valence-electron chi connectivity index (χ3n) is 3.08. The molecule has 2 heterocycles. The van der Waals surface area contributed by atoms with Crippen LogP contribution in [0, 0.1) is 12.8 Å². The van der Waals surface area contributed by atoms with Crippen LogP contribution in [0.5, 0.6) is 0 Å². The normalized spacial score (nSPS) is 19.6. The smallest absolute Gasteiger partial charge is 0.232 e. The van der Waals surface area contributed by atoms with Crippen LogP contribution in [0.3, 0.4) is 0 Å². The van der Waals surface area contributed by atoms with Crippen LogP contribution < -0.4 is 4.90 Å². The molecule has 1 saturated heterocycles. The van der Waals surface area contributed by atoms with Crippen LogP contribution in [-0.4, -0.2) is 36.8 Å². The molecule has 0 saturated carbocycles. The minimum Gasteiger partial charge on any atom is -0.302 e. The van der Waals surface area contributed by atoms with Crippen molar-refractivity contribution in [3.8, 4) is 0 Å². The Balaban J connectivity index is 2.27. The molecule has 2 rings (SSSR count). The highest BCUT2D eigenvalue weighted by Crippen LogP contribution is 2.34. The molecule has 1 aliphatic heterocycles. The number of carbonyl (C=O) groups is 2. The number of anilines is 1. The molecular formula is C11H13ClN2O4S2. The summed E-state index contributed by atoms with van der Waals surface area (Å²) in [5.74, 6) is -0.967. The number of carbonyl (C=O) groups excluding carboxylic acids is 2. The minimum absolute atomic E-state index is 0.111. The monoisotopic (exact) mass is 336 g/mol. The summed E-state index contributed by atoms with van der Waals surface area (Å²) in [6, 6.07) is 0. The quantitative estimate of drug-likeness (QED) is 0.615. The summed E-state index contributed by atoms with van der Waals surface area (Å²) in [7, 11) is 1.58. The number of rotatable bonds is 4. The molecule has 1 aliphatic rings. The first-order valence-electron chi connectivity index (χ1n) is 5.89. The Morgan fingerprint density at radius 2 is 2.20 bits per heavy atom. The molecule has 1 amide bonds. The van der Waals surface area contributed by atoms with Crippen LogP contribution in [0.4, 0.5) is 5.00 Å². The first-order valence-corrected chi connectivity index (χ1v) is 9.14.